The Morgan fingerprint density at radius 3 is 3.00 bits per heavy atom. The number of anilines is 1. The van der Waals surface area contributed by atoms with Crippen molar-refractivity contribution in [1.29, 1.82) is 0 Å². The first-order valence-electron chi connectivity index (χ1n) is 7.17. The summed E-state index contributed by atoms with van der Waals surface area (Å²) in [7, 11) is 0. The van der Waals surface area contributed by atoms with E-state index in [1.54, 1.807) is 11.3 Å². The highest BCUT2D eigenvalue weighted by Crippen LogP contribution is 2.24. The van der Waals surface area contributed by atoms with Crippen molar-refractivity contribution in [3.8, 4) is 0 Å². The van der Waals surface area contributed by atoms with Crippen LogP contribution in [0.3, 0.4) is 0 Å². The lowest BCUT2D eigenvalue weighted by Crippen LogP contribution is -2.28. The van der Waals surface area contributed by atoms with Gasteiger partial charge in [0.05, 0.1) is 5.69 Å². The first-order valence-corrected chi connectivity index (χ1v) is 7.99. The summed E-state index contributed by atoms with van der Waals surface area (Å²) in [5.41, 5.74) is 8.19. The molecule has 20 heavy (non-hydrogen) atoms. The molecule has 0 saturated carbocycles. The fourth-order valence-corrected chi connectivity index (χ4v) is 3.55. The Kier molecular flexibility index (Phi) is 4.28. The van der Waals surface area contributed by atoms with Crippen LogP contribution in [0.15, 0.2) is 24.4 Å². The number of pyridine rings is 1. The zero-order valence-electron chi connectivity index (χ0n) is 11.6. The van der Waals surface area contributed by atoms with E-state index in [-0.39, 0.29) is 0 Å². The van der Waals surface area contributed by atoms with Gasteiger partial charge in [-0.15, -0.1) is 11.3 Å². The van der Waals surface area contributed by atoms with E-state index < -0.39 is 0 Å². The third-order valence-electron chi connectivity index (χ3n) is 3.75. The monoisotopic (exact) mass is 288 g/mol. The summed E-state index contributed by atoms with van der Waals surface area (Å²) >= 11 is 1.66. The Balaban J connectivity index is 1.47. The third-order valence-corrected chi connectivity index (χ3v) is 4.73. The number of fused-ring (bicyclic) bond motifs is 1. The molecule has 0 fully saturated rings. The van der Waals surface area contributed by atoms with Gasteiger partial charge in [0, 0.05) is 36.3 Å². The number of thiazole rings is 1. The maximum absolute atomic E-state index is 5.78. The van der Waals surface area contributed by atoms with Gasteiger partial charge in [-0.2, -0.15) is 0 Å². The lowest BCUT2D eigenvalue weighted by Gasteiger charge is -2.19. The zero-order chi connectivity index (χ0) is 13.8. The second-order valence-corrected chi connectivity index (χ2v) is 6.30. The minimum atomic E-state index is 0.721. The van der Waals surface area contributed by atoms with E-state index in [9.17, 15) is 0 Å². The Morgan fingerprint density at radius 2 is 2.15 bits per heavy atom. The molecular weight excluding hydrogens is 268 g/mol. The molecule has 0 saturated heterocycles. The van der Waals surface area contributed by atoms with Crippen LogP contribution in [0.4, 0.5) is 5.13 Å². The number of hydrogen-bond donors (Lipinski definition) is 1. The number of rotatable bonds is 4. The van der Waals surface area contributed by atoms with Gasteiger partial charge in [-0.1, -0.05) is 6.07 Å². The van der Waals surface area contributed by atoms with Crippen molar-refractivity contribution in [3.05, 3.63) is 40.7 Å². The van der Waals surface area contributed by atoms with Crippen LogP contribution in [0.25, 0.3) is 0 Å². The molecule has 3 heterocycles. The maximum atomic E-state index is 5.78. The van der Waals surface area contributed by atoms with E-state index in [0.717, 1.165) is 44.0 Å². The van der Waals surface area contributed by atoms with Crippen molar-refractivity contribution in [1.82, 2.24) is 14.9 Å². The molecule has 0 radical (unpaired) electrons. The predicted molar refractivity (Wildman–Crippen MR) is 82.9 cm³/mol. The average Bonchev–Trinajstić information content (AvgIpc) is 2.72. The third kappa shape index (κ3) is 3.35. The molecule has 1 aliphatic rings. The van der Waals surface area contributed by atoms with Gasteiger partial charge in [0.25, 0.3) is 0 Å². The van der Waals surface area contributed by atoms with Crippen LogP contribution in [0.1, 0.15) is 22.7 Å². The largest absolute Gasteiger partial charge is 0.375 e. The van der Waals surface area contributed by atoms with E-state index >= 15 is 0 Å². The predicted octanol–water partition coefficient (Wildman–Crippen LogP) is 2.15. The first kappa shape index (κ1) is 13.5. The molecule has 0 aliphatic carbocycles. The highest BCUT2D eigenvalue weighted by molar-refractivity contribution is 7.15. The van der Waals surface area contributed by atoms with E-state index in [0.29, 0.717) is 0 Å². The zero-order valence-corrected chi connectivity index (χ0v) is 12.4. The molecule has 2 aromatic rings. The second kappa shape index (κ2) is 6.33. The molecule has 0 bridgehead atoms. The van der Waals surface area contributed by atoms with E-state index in [1.165, 1.54) is 22.7 Å². The van der Waals surface area contributed by atoms with E-state index in [4.69, 9.17) is 5.73 Å². The van der Waals surface area contributed by atoms with Crippen molar-refractivity contribution < 1.29 is 0 Å². The standard InChI is InChI=1S/C15H20N4S/c16-15-18-13-6-10-19(11-7-14(13)20-15)9-3-5-12-4-1-2-8-17-12/h1-2,4,8H,3,5-7,9-11H2,(H2,16,18). The second-order valence-electron chi connectivity index (χ2n) is 5.19. The number of hydrogen-bond acceptors (Lipinski definition) is 5. The summed E-state index contributed by atoms with van der Waals surface area (Å²) in [6.07, 6.45) is 6.22. The molecule has 1 aliphatic heterocycles. The van der Waals surface area contributed by atoms with Crippen molar-refractivity contribution in [3.63, 3.8) is 0 Å². The summed E-state index contributed by atoms with van der Waals surface area (Å²) in [5, 5.41) is 0.721. The summed E-state index contributed by atoms with van der Waals surface area (Å²) in [6, 6.07) is 6.13. The van der Waals surface area contributed by atoms with E-state index in [1.807, 2.05) is 12.3 Å². The van der Waals surface area contributed by atoms with Crippen LogP contribution >= 0.6 is 11.3 Å². The minimum Gasteiger partial charge on any atom is -0.375 e. The number of aryl methyl sites for hydroxylation is 1. The lowest BCUT2D eigenvalue weighted by atomic mass is 10.2. The molecule has 0 amide bonds. The normalized spacial score (nSPS) is 15.8. The molecule has 0 atom stereocenters. The molecule has 0 spiro atoms. The topological polar surface area (TPSA) is 55.0 Å². The van der Waals surface area contributed by atoms with Crippen LogP contribution in [-0.2, 0) is 19.3 Å². The summed E-state index contributed by atoms with van der Waals surface area (Å²) in [5.74, 6) is 0. The summed E-state index contributed by atoms with van der Waals surface area (Å²) in [4.78, 5) is 12.7. The molecule has 0 aromatic carbocycles. The average molecular weight is 288 g/mol. The van der Waals surface area contributed by atoms with Crippen LogP contribution in [0.5, 0.6) is 0 Å². The van der Waals surface area contributed by atoms with Gasteiger partial charge < -0.3 is 10.6 Å². The van der Waals surface area contributed by atoms with Crippen molar-refractivity contribution in [2.45, 2.75) is 25.7 Å². The van der Waals surface area contributed by atoms with Gasteiger partial charge in [0.1, 0.15) is 0 Å². The highest BCUT2D eigenvalue weighted by atomic mass is 32.1. The van der Waals surface area contributed by atoms with Crippen LogP contribution in [0.2, 0.25) is 0 Å². The van der Waals surface area contributed by atoms with Crippen molar-refractivity contribution in [2.24, 2.45) is 0 Å². The quantitative estimate of drug-likeness (QED) is 0.936. The Morgan fingerprint density at radius 1 is 1.25 bits per heavy atom. The van der Waals surface area contributed by atoms with Crippen molar-refractivity contribution in [2.75, 3.05) is 25.4 Å². The van der Waals surface area contributed by atoms with Gasteiger partial charge in [-0.3, -0.25) is 4.98 Å². The molecule has 3 rings (SSSR count). The fourth-order valence-electron chi connectivity index (χ4n) is 2.68. The Labute approximate surface area is 123 Å². The first-order chi connectivity index (χ1) is 9.81. The Hall–Kier alpha value is -1.46. The smallest absolute Gasteiger partial charge is 0.180 e. The van der Waals surface area contributed by atoms with Gasteiger partial charge in [0.2, 0.25) is 0 Å². The minimum absolute atomic E-state index is 0.721. The molecule has 2 aromatic heterocycles. The van der Waals surface area contributed by atoms with E-state index in [2.05, 4.69) is 27.0 Å². The SMILES string of the molecule is Nc1nc2c(s1)CCN(CCCc1ccccn1)CC2. The maximum Gasteiger partial charge on any atom is 0.180 e. The summed E-state index contributed by atoms with van der Waals surface area (Å²) in [6.45, 7) is 3.36. The van der Waals surface area contributed by atoms with Crippen LogP contribution < -0.4 is 5.73 Å². The van der Waals surface area contributed by atoms with Gasteiger partial charge in [0.15, 0.2) is 5.13 Å². The lowest BCUT2D eigenvalue weighted by molar-refractivity contribution is 0.283. The van der Waals surface area contributed by atoms with Gasteiger partial charge in [-0.25, -0.2) is 4.98 Å². The van der Waals surface area contributed by atoms with Crippen molar-refractivity contribution >= 4 is 16.5 Å². The molecule has 106 valence electrons. The number of nitrogens with two attached hydrogens (primary N) is 1. The molecule has 2 N–H and O–H groups in total. The van der Waals surface area contributed by atoms with Crippen LogP contribution in [-0.4, -0.2) is 34.5 Å². The number of aromatic nitrogens is 2. The summed E-state index contributed by atoms with van der Waals surface area (Å²) < 4.78 is 0. The highest BCUT2D eigenvalue weighted by Gasteiger charge is 2.17. The number of nitrogen functional groups attached to an aromatic ring is 1. The Bertz CT molecular complexity index is 527. The molecule has 4 nitrogen and oxygen atoms in total. The molecule has 0 unspecified atom stereocenters. The fraction of sp³-hybridized carbons (Fsp3) is 0.467. The molecule has 5 heteroatoms. The van der Waals surface area contributed by atoms with Crippen LogP contribution in [0, 0.1) is 0 Å². The number of nitrogens with zero attached hydrogens (tertiary/aromatic N) is 3. The van der Waals surface area contributed by atoms with Gasteiger partial charge >= 0.3 is 0 Å². The van der Waals surface area contributed by atoms with Gasteiger partial charge in [-0.05, 0) is 37.9 Å². The molecular formula is C15H20N4S.